The van der Waals surface area contributed by atoms with E-state index < -0.39 is 24.2 Å². The van der Waals surface area contributed by atoms with Crippen LogP contribution in [0.5, 0.6) is 0 Å². The van der Waals surface area contributed by atoms with Crippen LogP contribution in [0.2, 0.25) is 5.15 Å². The molecular formula is C12H16ClFN4O3. The van der Waals surface area contributed by atoms with Gasteiger partial charge in [0.2, 0.25) is 0 Å². The molecular weight excluding hydrogens is 303 g/mol. The Morgan fingerprint density at radius 1 is 1.62 bits per heavy atom. The summed E-state index contributed by atoms with van der Waals surface area (Å²) in [5.74, 6) is -0.516. The number of amides is 2. The quantitative estimate of drug-likeness (QED) is 0.785. The van der Waals surface area contributed by atoms with Crippen LogP contribution in [0.15, 0.2) is 0 Å². The second kappa shape index (κ2) is 6.30. The molecule has 1 aliphatic rings. The molecule has 0 radical (unpaired) electrons. The van der Waals surface area contributed by atoms with Gasteiger partial charge in [-0.05, 0) is 12.8 Å². The van der Waals surface area contributed by atoms with Crippen LogP contribution >= 0.6 is 11.6 Å². The minimum atomic E-state index is -1.45. The van der Waals surface area contributed by atoms with E-state index in [-0.39, 0.29) is 30.5 Å². The van der Waals surface area contributed by atoms with Gasteiger partial charge in [-0.1, -0.05) is 18.5 Å². The van der Waals surface area contributed by atoms with Crippen molar-refractivity contribution in [1.82, 2.24) is 20.2 Å². The first-order valence-corrected chi connectivity index (χ1v) is 6.97. The van der Waals surface area contributed by atoms with Crippen LogP contribution in [0.1, 0.15) is 29.7 Å². The smallest absolute Gasteiger partial charge is 0.407 e. The van der Waals surface area contributed by atoms with Crippen molar-refractivity contribution in [3.8, 4) is 0 Å². The third-order valence-electron chi connectivity index (χ3n) is 3.43. The highest BCUT2D eigenvalue weighted by Crippen LogP contribution is 2.16. The van der Waals surface area contributed by atoms with Crippen molar-refractivity contribution < 1.29 is 19.1 Å². The summed E-state index contributed by atoms with van der Waals surface area (Å²) in [6.45, 7) is 1.79. The van der Waals surface area contributed by atoms with E-state index in [0.717, 1.165) is 4.90 Å². The summed E-state index contributed by atoms with van der Waals surface area (Å²) in [4.78, 5) is 30.4. The van der Waals surface area contributed by atoms with Crippen LogP contribution in [-0.2, 0) is 6.42 Å². The molecule has 1 fully saturated rings. The maximum atomic E-state index is 13.9. The maximum absolute atomic E-state index is 13.9. The van der Waals surface area contributed by atoms with Gasteiger partial charge in [0.25, 0.3) is 5.91 Å². The lowest BCUT2D eigenvalue weighted by atomic mass is 10.0. The number of nitrogens with one attached hydrogen (secondary N) is 2. The van der Waals surface area contributed by atoms with Crippen LogP contribution in [0.3, 0.4) is 0 Å². The van der Waals surface area contributed by atoms with Gasteiger partial charge in [-0.3, -0.25) is 4.79 Å². The van der Waals surface area contributed by atoms with Gasteiger partial charge >= 0.3 is 6.09 Å². The van der Waals surface area contributed by atoms with Crippen molar-refractivity contribution in [2.24, 2.45) is 0 Å². The van der Waals surface area contributed by atoms with Crippen LogP contribution in [0.4, 0.5) is 9.18 Å². The monoisotopic (exact) mass is 318 g/mol. The lowest BCUT2D eigenvalue weighted by Gasteiger charge is -2.33. The van der Waals surface area contributed by atoms with Gasteiger partial charge in [-0.2, -0.15) is 0 Å². The number of aromatic nitrogens is 2. The first-order chi connectivity index (χ1) is 9.92. The van der Waals surface area contributed by atoms with E-state index in [2.05, 4.69) is 15.3 Å². The molecule has 2 amide bonds. The normalized spacial score (nSPS) is 22.1. The molecule has 7 nitrogen and oxygen atoms in total. The third kappa shape index (κ3) is 3.44. The number of aromatic amines is 1. The molecule has 2 rings (SSSR count). The van der Waals surface area contributed by atoms with Crippen molar-refractivity contribution in [2.45, 2.75) is 32.0 Å². The number of imidazole rings is 1. The van der Waals surface area contributed by atoms with Crippen molar-refractivity contribution in [1.29, 1.82) is 0 Å². The highest BCUT2D eigenvalue weighted by molar-refractivity contribution is 6.30. The Morgan fingerprint density at radius 2 is 2.33 bits per heavy atom. The number of likely N-dealkylation sites (tertiary alicyclic amines) is 1. The summed E-state index contributed by atoms with van der Waals surface area (Å²) in [6.07, 6.45) is -1.79. The number of halogens is 2. The number of carboxylic acid groups (broad SMARTS) is 1. The molecule has 116 valence electrons. The predicted octanol–water partition coefficient (Wildman–Crippen LogP) is 1.45. The molecule has 0 saturated carbocycles. The molecule has 0 aliphatic carbocycles. The summed E-state index contributed by atoms with van der Waals surface area (Å²) < 4.78 is 13.9. The van der Waals surface area contributed by atoms with E-state index in [9.17, 15) is 14.0 Å². The zero-order chi connectivity index (χ0) is 15.6. The van der Waals surface area contributed by atoms with Gasteiger partial charge in [0.05, 0.1) is 18.3 Å². The molecule has 1 saturated heterocycles. The number of H-pyrrole nitrogens is 1. The number of piperidine rings is 1. The Morgan fingerprint density at radius 3 is 2.86 bits per heavy atom. The summed E-state index contributed by atoms with van der Waals surface area (Å²) in [7, 11) is 0. The largest absolute Gasteiger partial charge is 0.465 e. The van der Waals surface area contributed by atoms with Crippen molar-refractivity contribution in [2.75, 3.05) is 13.1 Å². The molecule has 2 heterocycles. The summed E-state index contributed by atoms with van der Waals surface area (Å²) in [5, 5.41) is 11.6. The minimum Gasteiger partial charge on any atom is -0.465 e. The van der Waals surface area contributed by atoms with E-state index in [1.54, 1.807) is 0 Å². The molecule has 0 bridgehead atoms. The molecule has 0 spiro atoms. The highest BCUT2D eigenvalue weighted by atomic mass is 35.5. The van der Waals surface area contributed by atoms with Gasteiger partial charge < -0.3 is 20.3 Å². The summed E-state index contributed by atoms with van der Waals surface area (Å²) in [6, 6.07) is -0.734. The average Bonchev–Trinajstić information content (AvgIpc) is 2.82. The Balaban J connectivity index is 1.98. The molecule has 3 N–H and O–H groups in total. The van der Waals surface area contributed by atoms with E-state index in [4.69, 9.17) is 16.7 Å². The van der Waals surface area contributed by atoms with E-state index in [1.165, 1.54) is 0 Å². The fraction of sp³-hybridized carbons (Fsp3) is 0.583. The minimum absolute atomic E-state index is 0.0321. The molecule has 1 aromatic heterocycles. The number of hydrogen-bond acceptors (Lipinski definition) is 3. The Kier molecular flexibility index (Phi) is 4.66. The number of hydrogen-bond donors (Lipinski definition) is 3. The highest BCUT2D eigenvalue weighted by Gasteiger charge is 2.33. The van der Waals surface area contributed by atoms with E-state index >= 15 is 0 Å². The zero-order valence-electron chi connectivity index (χ0n) is 11.4. The first kappa shape index (κ1) is 15.6. The van der Waals surface area contributed by atoms with Crippen molar-refractivity contribution >= 4 is 23.6 Å². The maximum Gasteiger partial charge on any atom is 0.407 e. The Labute approximate surface area is 125 Å². The fourth-order valence-electron chi connectivity index (χ4n) is 2.21. The zero-order valence-corrected chi connectivity index (χ0v) is 12.2. The van der Waals surface area contributed by atoms with Gasteiger partial charge in [-0.15, -0.1) is 0 Å². The molecule has 1 aromatic rings. The molecule has 0 aromatic carbocycles. The number of nitrogens with zero attached hydrogens (tertiary/aromatic N) is 2. The second-order valence-electron chi connectivity index (χ2n) is 4.82. The Bertz CT molecular complexity index is 551. The number of aryl methyl sites for hydroxylation is 1. The number of carbonyl (C=O) groups is 2. The number of alkyl halides is 1. The van der Waals surface area contributed by atoms with Crippen molar-refractivity contribution in [3.05, 3.63) is 16.7 Å². The first-order valence-electron chi connectivity index (χ1n) is 6.59. The molecule has 21 heavy (non-hydrogen) atoms. The van der Waals surface area contributed by atoms with Crippen LogP contribution in [0, 0.1) is 0 Å². The topological polar surface area (TPSA) is 98.3 Å². The lowest BCUT2D eigenvalue weighted by molar-refractivity contribution is 0.0747. The van der Waals surface area contributed by atoms with Crippen LogP contribution < -0.4 is 5.32 Å². The van der Waals surface area contributed by atoms with Gasteiger partial charge in [-0.25, -0.2) is 14.2 Å². The van der Waals surface area contributed by atoms with Crippen molar-refractivity contribution in [3.63, 3.8) is 0 Å². The molecule has 9 heteroatoms. The molecule has 2 atom stereocenters. The second-order valence-corrected chi connectivity index (χ2v) is 5.18. The average molecular weight is 319 g/mol. The summed E-state index contributed by atoms with van der Waals surface area (Å²) in [5.41, 5.74) is 0.638. The molecule has 1 aliphatic heterocycles. The molecule has 2 unspecified atom stereocenters. The third-order valence-corrected chi connectivity index (χ3v) is 3.74. The Hall–Kier alpha value is -1.83. The van der Waals surface area contributed by atoms with Crippen LogP contribution in [-0.4, -0.2) is 57.3 Å². The van der Waals surface area contributed by atoms with Gasteiger partial charge in [0, 0.05) is 6.54 Å². The van der Waals surface area contributed by atoms with Crippen LogP contribution in [0.25, 0.3) is 0 Å². The van der Waals surface area contributed by atoms with E-state index in [1.807, 2.05) is 6.92 Å². The van der Waals surface area contributed by atoms with Gasteiger partial charge in [0.1, 0.15) is 6.17 Å². The van der Waals surface area contributed by atoms with Gasteiger partial charge in [0.15, 0.2) is 11.0 Å². The predicted molar refractivity (Wildman–Crippen MR) is 73.3 cm³/mol. The standard InChI is InChI=1S/C12H16ClFN4O3/c1-2-7-9(13)17-10(15-7)11(19)16-8-3-4-18(12(20)21)5-6(8)14/h6,8H,2-5H2,1H3,(H,15,17)(H,16,19)(H,20,21). The number of rotatable bonds is 3. The number of carbonyl (C=O) groups excluding carboxylic acids is 1. The van der Waals surface area contributed by atoms with E-state index in [0.29, 0.717) is 12.1 Å². The lowest BCUT2D eigenvalue weighted by Crippen LogP contribution is -2.53. The fourth-order valence-corrected chi connectivity index (χ4v) is 2.47. The summed E-state index contributed by atoms with van der Waals surface area (Å²) >= 11 is 5.85. The SMILES string of the molecule is CCc1[nH]c(C(=O)NC2CCN(C(=O)O)CC2F)nc1Cl.